The van der Waals surface area contributed by atoms with Gasteiger partial charge in [-0.25, -0.2) is 4.57 Å². The lowest BCUT2D eigenvalue weighted by Gasteiger charge is -2.26. The molecule has 2 N–H and O–H groups in total. The number of aliphatic hydroxyl groups excluding tert-OH is 1. The summed E-state index contributed by atoms with van der Waals surface area (Å²) in [5.41, 5.74) is 0. The summed E-state index contributed by atoms with van der Waals surface area (Å²) in [7, 11) is -4.31. The number of aliphatic hydroxyl groups is 1. The van der Waals surface area contributed by atoms with Gasteiger partial charge in [0, 0.05) is 12.3 Å². The zero-order chi connectivity index (χ0) is 21.1. The van der Waals surface area contributed by atoms with Crippen LogP contribution in [-0.2, 0) is 27.8 Å². The third-order valence-corrected chi connectivity index (χ3v) is 6.24. The summed E-state index contributed by atoms with van der Waals surface area (Å²) in [4.78, 5) is 10.2. The quantitative estimate of drug-likeness (QED) is 0.516. The van der Waals surface area contributed by atoms with Gasteiger partial charge in [-0.3, -0.25) is 9.05 Å². The third kappa shape index (κ3) is 7.03. The first-order valence-corrected chi connectivity index (χ1v) is 11.7. The van der Waals surface area contributed by atoms with E-state index in [1.807, 2.05) is 41.5 Å². The van der Waals surface area contributed by atoms with E-state index < -0.39 is 26.1 Å². The van der Waals surface area contributed by atoms with Gasteiger partial charge < -0.3 is 24.2 Å². The summed E-state index contributed by atoms with van der Waals surface area (Å²) in [6.07, 6.45) is -0.648. The van der Waals surface area contributed by atoms with E-state index >= 15 is 0 Å². The Kier molecular flexibility index (Phi) is 8.92. The van der Waals surface area contributed by atoms with Crippen molar-refractivity contribution in [1.29, 1.82) is 0 Å². The Morgan fingerprint density at radius 2 is 1.75 bits per heavy atom. The molecule has 9 heteroatoms. The Hall–Kier alpha value is -0.0500. The van der Waals surface area contributed by atoms with E-state index in [1.54, 1.807) is 0 Å². The van der Waals surface area contributed by atoms with Gasteiger partial charge in [0.15, 0.2) is 0 Å². The van der Waals surface area contributed by atoms with Gasteiger partial charge in [0.25, 0.3) is 0 Å². The van der Waals surface area contributed by atoms with Crippen LogP contribution in [0.1, 0.15) is 54.4 Å². The molecule has 8 nitrogen and oxygen atoms in total. The average molecular weight is 424 g/mol. The van der Waals surface area contributed by atoms with Crippen LogP contribution in [0.4, 0.5) is 0 Å². The SMILES string of the molecule is CC(C)OC[C@H]1C(O)[C@@H](C)C[C@H]1OP(=O)(O)OC[C@H]1O[C@@H](C)C[C@H]1OC(C)C. The Labute approximate surface area is 168 Å². The van der Waals surface area contributed by atoms with Crippen molar-refractivity contribution in [1.82, 2.24) is 0 Å². The van der Waals surface area contributed by atoms with E-state index in [9.17, 15) is 14.6 Å². The monoisotopic (exact) mass is 424 g/mol. The number of hydrogen-bond acceptors (Lipinski definition) is 7. The number of ether oxygens (including phenoxy) is 3. The van der Waals surface area contributed by atoms with Crippen LogP contribution in [0.25, 0.3) is 0 Å². The number of phosphoric ester groups is 1. The van der Waals surface area contributed by atoms with Crippen LogP contribution in [-0.4, -0.2) is 65.9 Å². The molecule has 0 aromatic rings. The van der Waals surface area contributed by atoms with Crippen LogP contribution in [0.3, 0.4) is 0 Å². The molecule has 1 saturated heterocycles. The zero-order valence-electron chi connectivity index (χ0n) is 17.8. The lowest BCUT2D eigenvalue weighted by atomic mass is 10.0. The predicted octanol–water partition coefficient (Wildman–Crippen LogP) is 2.90. The van der Waals surface area contributed by atoms with Crippen LogP contribution < -0.4 is 0 Å². The molecule has 0 spiro atoms. The van der Waals surface area contributed by atoms with Gasteiger partial charge in [0.05, 0.1) is 49.8 Å². The molecule has 2 rings (SSSR count). The number of phosphoric acid groups is 1. The molecular weight excluding hydrogens is 387 g/mol. The predicted molar refractivity (Wildman–Crippen MR) is 104 cm³/mol. The molecule has 0 bridgehead atoms. The molecule has 1 heterocycles. The molecule has 166 valence electrons. The maximum absolute atomic E-state index is 12.5. The normalized spacial score (nSPS) is 38.4. The fraction of sp³-hybridized carbons (Fsp3) is 1.00. The highest BCUT2D eigenvalue weighted by atomic mass is 31.2. The van der Waals surface area contributed by atoms with Crippen molar-refractivity contribution in [3.63, 3.8) is 0 Å². The lowest BCUT2D eigenvalue weighted by Crippen LogP contribution is -2.32. The molecule has 1 aliphatic carbocycles. The molecule has 0 radical (unpaired) electrons. The summed E-state index contributed by atoms with van der Waals surface area (Å²) in [6, 6.07) is 0. The second-order valence-electron chi connectivity index (χ2n) is 8.60. The largest absolute Gasteiger partial charge is 0.472 e. The minimum atomic E-state index is -4.31. The minimum absolute atomic E-state index is 0.000243. The minimum Gasteiger partial charge on any atom is -0.392 e. The first-order chi connectivity index (χ1) is 13.0. The summed E-state index contributed by atoms with van der Waals surface area (Å²) < 4.78 is 40.4. The summed E-state index contributed by atoms with van der Waals surface area (Å²) >= 11 is 0. The van der Waals surface area contributed by atoms with Gasteiger partial charge in [-0.1, -0.05) is 6.92 Å². The second kappa shape index (κ2) is 10.3. The second-order valence-corrected chi connectivity index (χ2v) is 10.0. The first kappa shape index (κ1) is 24.2. The Morgan fingerprint density at radius 3 is 2.36 bits per heavy atom. The fourth-order valence-corrected chi connectivity index (χ4v) is 4.86. The van der Waals surface area contributed by atoms with Crippen molar-refractivity contribution in [3.05, 3.63) is 0 Å². The molecule has 0 aromatic carbocycles. The molecule has 2 fully saturated rings. The van der Waals surface area contributed by atoms with Crippen LogP contribution in [0, 0.1) is 11.8 Å². The highest BCUT2D eigenvalue weighted by Gasteiger charge is 2.45. The van der Waals surface area contributed by atoms with E-state index in [2.05, 4.69) is 0 Å². The molecule has 0 amide bonds. The third-order valence-electron chi connectivity index (χ3n) is 5.23. The summed E-state index contributed by atoms with van der Waals surface area (Å²) in [5, 5.41) is 10.4. The Morgan fingerprint density at radius 1 is 1.07 bits per heavy atom. The van der Waals surface area contributed by atoms with Crippen molar-refractivity contribution in [2.24, 2.45) is 11.8 Å². The summed E-state index contributed by atoms with van der Waals surface area (Å²) in [6.45, 7) is 11.7. The van der Waals surface area contributed by atoms with E-state index in [0.717, 1.165) is 0 Å². The van der Waals surface area contributed by atoms with E-state index in [4.69, 9.17) is 23.3 Å². The van der Waals surface area contributed by atoms with Gasteiger partial charge in [0.1, 0.15) is 6.10 Å². The van der Waals surface area contributed by atoms with Gasteiger partial charge in [0.2, 0.25) is 0 Å². The maximum Gasteiger partial charge on any atom is 0.472 e. The van der Waals surface area contributed by atoms with Crippen LogP contribution in [0.5, 0.6) is 0 Å². The molecule has 28 heavy (non-hydrogen) atoms. The van der Waals surface area contributed by atoms with Gasteiger partial charge in [-0.15, -0.1) is 0 Å². The van der Waals surface area contributed by atoms with Gasteiger partial charge >= 0.3 is 7.82 Å². The van der Waals surface area contributed by atoms with Crippen LogP contribution >= 0.6 is 7.82 Å². The highest BCUT2D eigenvalue weighted by molar-refractivity contribution is 7.47. The van der Waals surface area contributed by atoms with Crippen molar-refractivity contribution in [3.8, 4) is 0 Å². The van der Waals surface area contributed by atoms with Gasteiger partial charge in [-0.05, 0) is 47.0 Å². The summed E-state index contributed by atoms with van der Waals surface area (Å²) in [5.74, 6) is -0.421. The standard InChI is InChI=1S/C19H37O8P/c1-11(2)23-9-15-16(7-13(5)19(15)20)27-28(21,22)24-10-18-17(25-12(3)4)8-14(6)26-18/h11-20H,7-10H2,1-6H3,(H,21,22)/t13-,14-,15+,16+,17+,18+,19?/m0/s1. The van der Waals surface area contributed by atoms with E-state index in [1.165, 1.54) is 0 Å². The topological polar surface area (TPSA) is 104 Å². The molecule has 1 aliphatic heterocycles. The zero-order valence-corrected chi connectivity index (χ0v) is 18.7. The highest BCUT2D eigenvalue weighted by Crippen LogP contribution is 2.50. The van der Waals surface area contributed by atoms with Gasteiger partial charge in [-0.2, -0.15) is 0 Å². The number of hydrogen-bond donors (Lipinski definition) is 2. The first-order valence-electron chi connectivity index (χ1n) is 10.2. The molecule has 8 atom stereocenters. The molecule has 2 aliphatic rings. The van der Waals surface area contributed by atoms with Crippen LogP contribution in [0.15, 0.2) is 0 Å². The van der Waals surface area contributed by atoms with Crippen molar-refractivity contribution >= 4 is 7.82 Å². The van der Waals surface area contributed by atoms with Crippen LogP contribution in [0.2, 0.25) is 0 Å². The molecule has 0 aromatic heterocycles. The Balaban J connectivity index is 1.91. The van der Waals surface area contributed by atoms with Crippen molar-refractivity contribution in [2.45, 2.75) is 97.1 Å². The molecule has 2 unspecified atom stereocenters. The molecule has 1 saturated carbocycles. The van der Waals surface area contributed by atoms with Crippen molar-refractivity contribution in [2.75, 3.05) is 13.2 Å². The molecular formula is C19H37O8P. The maximum atomic E-state index is 12.5. The van der Waals surface area contributed by atoms with E-state index in [0.29, 0.717) is 12.8 Å². The fourth-order valence-electron chi connectivity index (χ4n) is 3.88. The number of rotatable bonds is 10. The van der Waals surface area contributed by atoms with E-state index in [-0.39, 0.29) is 49.5 Å². The smallest absolute Gasteiger partial charge is 0.392 e. The van der Waals surface area contributed by atoms with Crippen molar-refractivity contribution < 1.29 is 37.8 Å². The lowest BCUT2D eigenvalue weighted by molar-refractivity contribution is -0.0661. The Bertz CT molecular complexity index is 528. The average Bonchev–Trinajstić information content (AvgIpc) is 3.02.